The first-order valence-corrected chi connectivity index (χ1v) is 7.02. The van der Waals surface area contributed by atoms with E-state index in [0.717, 1.165) is 40.0 Å². The first-order valence-electron chi connectivity index (χ1n) is 6.20. The molecule has 0 unspecified atom stereocenters. The Morgan fingerprint density at radius 1 is 1.26 bits per heavy atom. The van der Waals surface area contributed by atoms with Crippen LogP contribution in [0.4, 0.5) is 10.8 Å². The van der Waals surface area contributed by atoms with Crippen molar-refractivity contribution in [1.29, 1.82) is 0 Å². The minimum atomic E-state index is 0.224. The Kier molecular flexibility index (Phi) is 3.21. The van der Waals surface area contributed by atoms with Gasteiger partial charge in [0, 0.05) is 12.1 Å². The third-order valence-electron chi connectivity index (χ3n) is 3.11. The summed E-state index contributed by atoms with van der Waals surface area (Å²) in [5.41, 5.74) is 1.89. The Balaban J connectivity index is 1.81. The van der Waals surface area contributed by atoms with Crippen molar-refractivity contribution >= 4 is 27.9 Å². The van der Waals surface area contributed by atoms with E-state index in [1.54, 1.807) is 7.11 Å². The van der Waals surface area contributed by atoms with Crippen molar-refractivity contribution in [3.8, 4) is 5.75 Å². The maximum atomic E-state index is 11.8. The summed E-state index contributed by atoms with van der Waals surface area (Å²) in [4.78, 5) is 17.1. The molecule has 1 N–H and O–H groups in total. The molecule has 0 aliphatic heterocycles. The first-order chi connectivity index (χ1) is 9.26. The van der Waals surface area contributed by atoms with Gasteiger partial charge < -0.3 is 10.1 Å². The number of aryl methyl sites for hydroxylation is 1. The Labute approximate surface area is 115 Å². The monoisotopic (exact) mass is 274 g/mol. The average Bonchev–Trinajstić information content (AvgIpc) is 2.84. The summed E-state index contributed by atoms with van der Waals surface area (Å²) in [6.07, 6.45) is 2.47. The third kappa shape index (κ3) is 2.46. The Hall–Kier alpha value is -1.88. The second-order valence-electron chi connectivity index (χ2n) is 4.43. The van der Waals surface area contributed by atoms with Crippen LogP contribution in [0.1, 0.15) is 28.2 Å². The molecule has 3 rings (SSSR count). The van der Waals surface area contributed by atoms with Gasteiger partial charge in [0.15, 0.2) is 10.9 Å². The summed E-state index contributed by atoms with van der Waals surface area (Å²) in [7, 11) is 1.64. The number of ketones is 1. The lowest BCUT2D eigenvalue weighted by Crippen LogP contribution is -2.07. The lowest BCUT2D eigenvalue weighted by atomic mass is 10.0. The number of nitrogens with zero attached hydrogens (tertiary/aromatic N) is 1. The highest BCUT2D eigenvalue weighted by Gasteiger charge is 2.22. The molecule has 0 saturated carbocycles. The quantitative estimate of drug-likeness (QED) is 0.931. The second kappa shape index (κ2) is 5.01. The van der Waals surface area contributed by atoms with Gasteiger partial charge in [-0.3, -0.25) is 4.79 Å². The van der Waals surface area contributed by atoms with Crippen LogP contribution in [0, 0.1) is 0 Å². The Morgan fingerprint density at radius 3 is 2.74 bits per heavy atom. The summed E-state index contributed by atoms with van der Waals surface area (Å²) < 4.78 is 5.11. The SMILES string of the molecule is COc1ccc(Nc2nc3c(s2)C(=O)CCC3)cc1. The number of aromatic nitrogens is 1. The molecule has 1 aromatic heterocycles. The molecule has 0 radical (unpaired) electrons. The van der Waals surface area contributed by atoms with E-state index in [0.29, 0.717) is 6.42 Å². The smallest absolute Gasteiger partial charge is 0.188 e. The van der Waals surface area contributed by atoms with Crippen LogP contribution >= 0.6 is 11.3 Å². The molecule has 0 fully saturated rings. The van der Waals surface area contributed by atoms with E-state index in [1.165, 1.54) is 11.3 Å². The topological polar surface area (TPSA) is 51.2 Å². The zero-order chi connectivity index (χ0) is 13.2. The van der Waals surface area contributed by atoms with Crippen molar-refractivity contribution < 1.29 is 9.53 Å². The number of carbonyl (C=O) groups is 1. The van der Waals surface area contributed by atoms with E-state index in [4.69, 9.17) is 4.74 Å². The number of ether oxygens (including phenoxy) is 1. The molecule has 0 spiro atoms. The van der Waals surface area contributed by atoms with E-state index in [9.17, 15) is 4.79 Å². The van der Waals surface area contributed by atoms with Gasteiger partial charge >= 0.3 is 0 Å². The van der Waals surface area contributed by atoms with E-state index >= 15 is 0 Å². The molecule has 0 saturated heterocycles. The van der Waals surface area contributed by atoms with Gasteiger partial charge in [-0.2, -0.15) is 0 Å². The number of thiazole rings is 1. The van der Waals surface area contributed by atoms with Gasteiger partial charge in [0.1, 0.15) is 5.75 Å². The number of anilines is 2. The van der Waals surface area contributed by atoms with Crippen molar-refractivity contribution in [3.63, 3.8) is 0 Å². The minimum Gasteiger partial charge on any atom is -0.497 e. The van der Waals surface area contributed by atoms with Crippen LogP contribution in [-0.4, -0.2) is 17.9 Å². The zero-order valence-electron chi connectivity index (χ0n) is 10.6. The molecule has 5 heteroatoms. The number of nitrogens with one attached hydrogen (secondary N) is 1. The van der Waals surface area contributed by atoms with Gasteiger partial charge in [0.2, 0.25) is 0 Å². The molecule has 1 aliphatic carbocycles. The number of rotatable bonds is 3. The number of benzene rings is 1. The lowest BCUT2D eigenvalue weighted by molar-refractivity contribution is 0.0976. The fourth-order valence-electron chi connectivity index (χ4n) is 2.12. The van der Waals surface area contributed by atoms with Crippen molar-refractivity contribution in [2.24, 2.45) is 0 Å². The van der Waals surface area contributed by atoms with Crippen molar-refractivity contribution in [1.82, 2.24) is 4.98 Å². The largest absolute Gasteiger partial charge is 0.497 e. The Bertz CT molecular complexity index is 604. The zero-order valence-corrected chi connectivity index (χ0v) is 11.4. The highest BCUT2D eigenvalue weighted by molar-refractivity contribution is 7.17. The number of Topliss-reactive ketones (excluding diaryl/α,β-unsaturated/α-hetero) is 1. The molecular formula is C14H14N2O2S. The van der Waals surface area contributed by atoms with Gasteiger partial charge in [0.05, 0.1) is 17.7 Å². The molecule has 1 aromatic carbocycles. The van der Waals surface area contributed by atoms with Crippen molar-refractivity contribution in [3.05, 3.63) is 34.8 Å². The summed E-state index contributed by atoms with van der Waals surface area (Å²) in [6, 6.07) is 7.64. The average molecular weight is 274 g/mol. The maximum absolute atomic E-state index is 11.8. The molecule has 1 heterocycles. The molecule has 4 nitrogen and oxygen atoms in total. The van der Waals surface area contributed by atoms with Crippen molar-refractivity contribution in [2.75, 3.05) is 12.4 Å². The fourth-order valence-corrected chi connectivity index (χ4v) is 3.12. The molecule has 98 valence electrons. The number of hydrogen-bond donors (Lipinski definition) is 1. The Morgan fingerprint density at radius 2 is 2.05 bits per heavy atom. The molecule has 2 aromatic rings. The molecule has 19 heavy (non-hydrogen) atoms. The van der Waals surface area contributed by atoms with Crippen LogP contribution in [0.5, 0.6) is 5.75 Å². The molecule has 0 atom stereocenters. The van der Waals surface area contributed by atoms with Gasteiger partial charge in [-0.25, -0.2) is 4.98 Å². The molecular weight excluding hydrogens is 260 g/mol. The first kappa shape index (κ1) is 12.2. The van der Waals surface area contributed by atoms with Crippen LogP contribution in [0.25, 0.3) is 0 Å². The normalized spacial score (nSPS) is 14.1. The maximum Gasteiger partial charge on any atom is 0.188 e. The summed E-state index contributed by atoms with van der Waals surface area (Å²) in [5, 5.41) is 4.02. The number of methoxy groups -OCH3 is 1. The van der Waals surface area contributed by atoms with Crippen LogP contribution in [0.15, 0.2) is 24.3 Å². The lowest BCUT2D eigenvalue weighted by Gasteiger charge is -2.05. The van der Waals surface area contributed by atoms with Crippen molar-refractivity contribution in [2.45, 2.75) is 19.3 Å². The van der Waals surface area contributed by atoms with E-state index < -0.39 is 0 Å². The summed E-state index contributed by atoms with van der Waals surface area (Å²) in [5.74, 6) is 1.04. The van der Waals surface area contributed by atoms with Gasteiger partial charge in [-0.1, -0.05) is 11.3 Å². The number of carbonyl (C=O) groups excluding carboxylic acids is 1. The van der Waals surface area contributed by atoms with Gasteiger partial charge in [-0.15, -0.1) is 0 Å². The standard InChI is InChI=1S/C14H14N2O2S/c1-18-10-7-5-9(6-8-10)15-14-16-11-3-2-4-12(17)13(11)19-14/h5-8H,2-4H2,1H3,(H,15,16). The molecule has 1 aliphatic rings. The van der Waals surface area contributed by atoms with E-state index in [1.807, 2.05) is 24.3 Å². The van der Waals surface area contributed by atoms with Gasteiger partial charge in [-0.05, 0) is 37.1 Å². The predicted molar refractivity (Wildman–Crippen MR) is 75.7 cm³/mol. The van der Waals surface area contributed by atoms with Crippen LogP contribution in [-0.2, 0) is 6.42 Å². The fraction of sp³-hybridized carbons (Fsp3) is 0.286. The molecule has 0 amide bonds. The molecule has 0 bridgehead atoms. The van der Waals surface area contributed by atoms with E-state index in [-0.39, 0.29) is 5.78 Å². The highest BCUT2D eigenvalue weighted by atomic mass is 32.1. The van der Waals surface area contributed by atoms with Crippen LogP contribution in [0.3, 0.4) is 0 Å². The number of hydrogen-bond acceptors (Lipinski definition) is 5. The minimum absolute atomic E-state index is 0.224. The predicted octanol–water partition coefficient (Wildman–Crippen LogP) is 3.41. The van der Waals surface area contributed by atoms with Gasteiger partial charge in [0.25, 0.3) is 0 Å². The second-order valence-corrected chi connectivity index (χ2v) is 5.42. The third-order valence-corrected chi connectivity index (χ3v) is 4.16. The summed E-state index contributed by atoms with van der Waals surface area (Å²) in [6.45, 7) is 0. The van der Waals surface area contributed by atoms with E-state index in [2.05, 4.69) is 10.3 Å². The van der Waals surface area contributed by atoms with Crippen LogP contribution < -0.4 is 10.1 Å². The number of fused-ring (bicyclic) bond motifs is 1. The highest BCUT2D eigenvalue weighted by Crippen LogP contribution is 2.31. The van der Waals surface area contributed by atoms with Crippen LogP contribution in [0.2, 0.25) is 0 Å². The summed E-state index contributed by atoms with van der Waals surface area (Å²) >= 11 is 1.45.